The number of hydrogen-bond acceptors (Lipinski definition) is 3. The molecule has 0 unspecified atom stereocenters. The van der Waals surface area contributed by atoms with E-state index in [1.807, 2.05) is 30.3 Å². The molecule has 0 atom stereocenters. The average Bonchev–Trinajstić information content (AvgIpc) is 2.53. The molecule has 0 saturated heterocycles. The lowest BCUT2D eigenvalue weighted by Crippen LogP contribution is -2.03. The van der Waals surface area contributed by atoms with Gasteiger partial charge in [0.15, 0.2) is 0 Å². The fourth-order valence-corrected chi connectivity index (χ4v) is 1.98. The van der Waals surface area contributed by atoms with Crippen molar-refractivity contribution in [3.63, 3.8) is 0 Å². The van der Waals surface area contributed by atoms with Gasteiger partial charge in [-0.05, 0) is 29.3 Å². The van der Waals surface area contributed by atoms with E-state index in [1.165, 1.54) is 7.11 Å². The first-order valence-corrected chi connectivity index (χ1v) is 6.18. The standard InChI is InChI=1S/C17H16O3/c1-12(13-7-5-4-6-8-13)15-11-14(17(18)20-3)9-10-16(15)19-2/h4-11H,1H2,2-3H3. The molecule has 2 rings (SSSR count). The van der Waals surface area contributed by atoms with Crippen molar-refractivity contribution in [2.45, 2.75) is 0 Å². The summed E-state index contributed by atoms with van der Waals surface area (Å²) in [6.45, 7) is 4.10. The Morgan fingerprint density at radius 1 is 1.00 bits per heavy atom. The van der Waals surface area contributed by atoms with E-state index < -0.39 is 0 Å². The molecule has 0 spiro atoms. The SMILES string of the molecule is C=C(c1ccccc1)c1cc(C(=O)OC)ccc1OC. The van der Waals surface area contributed by atoms with Crippen LogP contribution in [0.2, 0.25) is 0 Å². The Hall–Kier alpha value is -2.55. The number of rotatable bonds is 4. The van der Waals surface area contributed by atoms with Crippen molar-refractivity contribution >= 4 is 11.5 Å². The molecule has 0 fully saturated rings. The molecule has 102 valence electrons. The van der Waals surface area contributed by atoms with Crippen molar-refractivity contribution in [2.75, 3.05) is 14.2 Å². The lowest BCUT2D eigenvalue weighted by atomic mass is 9.97. The van der Waals surface area contributed by atoms with Crippen molar-refractivity contribution < 1.29 is 14.3 Å². The minimum Gasteiger partial charge on any atom is -0.496 e. The first kappa shape index (κ1) is 13.9. The first-order chi connectivity index (χ1) is 9.67. The van der Waals surface area contributed by atoms with Crippen molar-refractivity contribution in [1.29, 1.82) is 0 Å². The third-order valence-corrected chi connectivity index (χ3v) is 3.07. The Morgan fingerprint density at radius 3 is 2.30 bits per heavy atom. The van der Waals surface area contributed by atoms with E-state index >= 15 is 0 Å². The molecule has 0 aliphatic rings. The second-order valence-corrected chi connectivity index (χ2v) is 4.25. The maximum absolute atomic E-state index is 11.6. The third-order valence-electron chi connectivity index (χ3n) is 3.07. The van der Waals surface area contributed by atoms with E-state index in [1.54, 1.807) is 25.3 Å². The average molecular weight is 268 g/mol. The number of ether oxygens (including phenoxy) is 2. The van der Waals surface area contributed by atoms with Crippen LogP contribution in [0, 0.1) is 0 Å². The molecule has 0 aliphatic heterocycles. The molecule has 0 N–H and O–H groups in total. The fraction of sp³-hybridized carbons (Fsp3) is 0.118. The highest BCUT2D eigenvalue weighted by Gasteiger charge is 2.13. The summed E-state index contributed by atoms with van der Waals surface area (Å²) >= 11 is 0. The van der Waals surface area contributed by atoms with Gasteiger partial charge in [-0.1, -0.05) is 36.9 Å². The molecule has 2 aromatic carbocycles. The molecular weight excluding hydrogens is 252 g/mol. The molecule has 0 heterocycles. The summed E-state index contributed by atoms with van der Waals surface area (Å²) in [5.74, 6) is 0.293. The van der Waals surface area contributed by atoms with Crippen LogP contribution >= 0.6 is 0 Å². The monoisotopic (exact) mass is 268 g/mol. The Labute approximate surface area is 118 Å². The fourth-order valence-electron chi connectivity index (χ4n) is 1.98. The van der Waals surface area contributed by atoms with Crippen LogP contribution in [-0.4, -0.2) is 20.2 Å². The van der Waals surface area contributed by atoms with Crippen molar-refractivity contribution in [3.8, 4) is 5.75 Å². The number of esters is 1. The molecule has 20 heavy (non-hydrogen) atoms. The van der Waals surface area contributed by atoms with E-state index in [-0.39, 0.29) is 5.97 Å². The van der Waals surface area contributed by atoms with Crippen LogP contribution in [0.25, 0.3) is 5.57 Å². The largest absolute Gasteiger partial charge is 0.496 e. The number of hydrogen-bond donors (Lipinski definition) is 0. The van der Waals surface area contributed by atoms with Crippen LogP contribution in [0.1, 0.15) is 21.5 Å². The van der Waals surface area contributed by atoms with Gasteiger partial charge >= 0.3 is 5.97 Å². The van der Waals surface area contributed by atoms with Gasteiger partial charge in [0.25, 0.3) is 0 Å². The van der Waals surface area contributed by atoms with E-state index in [4.69, 9.17) is 9.47 Å². The predicted octanol–water partition coefficient (Wildman–Crippen LogP) is 3.54. The summed E-state index contributed by atoms with van der Waals surface area (Å²) < 4.78 is 10.1. The molecule has 0 aliphatic carbocycles. The molecule has 3 nitrogen and oxygen atoms in total. The lowest BCUT2D eigenvalue weighted by Gasteiger charge is -2.12. The molecular formula is C17H16O3. The summed E-state index contributed by atoms with van der Waals surface area (Å²) in [7, 11) is 2.95. The zero-order valence-electron chi connectivity index (χ0n) is 11.6. The smallest absolute Gasteiger partial charge is 0.337 e. The van der Waals surface area contributed by atoms with Crippen LogP contribution in [0.4, 0.5) is 0 Å². The first-order valence-electron chi connectivity index (χ1n) is 6.18. The Bertz CT molecular complexity index is 630. The summed E-state index contributed by atoms with van der Waals surface area (Å²) in [6.07, 6.45) is 0. The van der Waals surface area contributed by atoms with Crippen LogP contribution in [0.15, 0.2) is 55.1 Å². The van der Waals surface area contributed by atoms with Gasteiger partial charge in [-0.25, -0.2) is 4.79 Å². The zero-order chi connectivity index (χ0) is 14.5. The highest BCUT2D eigenvalue weighted by molar-refractivity contribution is 5.92. The summed E-state index contributed by atoms with van der Waals surface area (Å²) in [6, 6.07) is 14.9. The van der Waals surface area contributed by atoms with Crippen LogP contribution in [-0.2, 0) is 4.74 Å². The van der Waals surface area contributed by atoms with Crippen molar-refractivity contribution in [1.82, 2.24) is 0 Å². The number of carbonyl (C=O) groups excluding carboxylic acids is 1. The van der Waals surface area contributed by atoms with E-state index in [9.17, 15) is 4.79 Å². The molecule has 3 heteroatoms. The second kappa shape index (κ2) is 6.06. The van der Waals surface area contributed by atoms with Crippen LogP contribution in [0.5, 0.6) is 5.75 Å². The minimum atomic E-state index is -0.380. The lowest BCUT2D eigenvalue weighted by molar-refractivity contribution is 0.0600. The topological polar surface area (TPSA) is 35.5 Å². The highest BCUT2D eigenvalue weighted by Crippen LogP contribution is 2.30. The van der Waals surface area contributed by atoms with Crippen molar-refractivity contribution in [3.05, 3.63) is 71.8 Å². The number of benzene rings is 2. The Morgan fingerprint density at radius 2 is 1.70 bits per heavy atom. The molecule has 0 bridgehead atoms. The second-order valence-electron chi connectivity index (χ2n) is 4.25. The minimum absolute atomic E-state index is 0.380. The quantitative estimate of drug-likeness (QED) is 0.796. The van der Waals surface area contributed by atoms with Gasteiger partial charge in [-0.15, -0.1) is 0 Å². The van der Waals surface area contributed by atoms with Crippen LogP contribution in [0.3, 0.4) is 0 Å². The number of carbonyl (C=O) groups is 1. The van der Waals surface area contributed by atoms with Crippen molar-refractivity contribution in [2.24, 2.45) is 0 Å². The highest BCUT2D eigenvalue weighted by atomic mass is 16.5. The van der Waals surface area contributed by atoms with Gasteiger partial charge in [-0.2, -0.15) is 0 Å². The van der Waals surface area contributed by atoms with E-state index in [0.29, 0.717) is 11.3 Å². The van der Waals surface area contributed by atoms with Gasteiger partial charge in [0.1, 0.15) is 5.75 Å². The third kappa shape index (κ3) is 2.72. The maximum atomic E-state index is 11.6. The van der Waals surface area contributed by atoms with E-state index in [2.05, 4.69) is 6.58 Å². The maximum Gasteiger partial charge on any atom is 0.337 e. The van der Waals surface area contributed by atoms with E-state index in [0.717, 1.165) is 16.7 Å². The van der Waals surface area contributed by atoms with Crippen LogP contribution < -0.4 is 4.74 Å². The molecule has 0 radical (unpaired) electrons. The normalized spacial score (nSPS) is 9.90. The molecule has 0 saturated carbocycles. The van der Waals surface area contributed by atoms with Gasteiger partial charge in [0.05, 0.1) is 19.8 Å². The summed E-state index contributed by atoms with van der Waals surface area (Å²) in [4.78, 5) is 11.6. The molecule has 0 amide bonds. The van der Waals surface area contributed by atoms with Gasteiger partial charge < -0.3 is 9.47 Å². The van der Waals surface area contributed by atoms with Gasteiger partial charge in [0.2, 0.25) is 0 Å². The molecule has 2 aromatic rings. The summed E-state index contributed by atoms with van der Waals surface area (Å²) in [5, 5.41) is 0. The Kier molecular flexibility index (Phi) is 4.20. The summed E-state index contributed by atoms with van der Waals surface area (Å²) in [5.41, 5.74) is 3.03. The Balaban J connectivity index is 2.48. The number of methoxy groups -OCH3 is 2. The zero-order valence-corrected chi connectivity index (χ0v) is 11.6. The molecule has 0 aromatic heterocycles. The predicted molar refractivity (Wildman–Crippen MR) is 78.9 cm³/mol. The van der Waals surface area contributed by atoms with Gasteiger partial charge in [-0.3, -0.25) is 0 Å². The van der Waals surface area contributed by atoms with Gasteiger partial charge in [0, 0.05) is 5.56 Å².